The second kappa shape index (κ2) is 8.50. The number of alkyl halides is 1. The van der Waals surface area contributed by atoms with Crippen LogP contribution < -0.4 is 4.90 Å². The molecule has 3 aliphatic heterocycles. The van der Waals surface area contributed by atoms with E-state index in [1.54, 1.807) is 11.0 Å². The number of hydrogen-bond acceptors (Lipinski definition) is 5. The summed E-state index contributed by atoms with van der Waals surface area (Å²) in [6, 6.07) is 5.01. The van der Waals surface area contributed by atoms with E-state index >= 15 is 0 Å². The number of carboxylic acids is 1. The topological polar surface area (TPSA) is 98.2 Å². The number of aliphatic hydroxyl groups is 1. The summed E-state index contributed by atoms with van der Waals surface area (Å²) in [7, 11) is 0. The predicted octanol–water partition coefficient (Wildman–Crippen LogP) is 2.36. The van der Waals surface area contributed by atoms with Gasteiger partial charge in [-0.05, 0) is 37.5 Å². The zero-order chi connectivity index (χ0) is 23.4. The van der Waals surface area contributed by atoms with Gasteiger partial charge in [-0.25, -0.2) is 0 Å². The lowest BCUT2D eigenvalue weighted by atomic mass is 9.71. The second-order valence-corrected chi connectivity index (χ2v) is 11.5. The highest BCUT2D eigenvalue weighted by atomic mass is 79.9. The molecule has 2 amide bonds. The Hall–Kier alpha value is -1.84. The quantitative estimate of drug-likeness (QED) is 0.421. The molecular weight excluding hydrogens is 496 g/mol. The molecule has 6 atom stereocenters. The third kappa shape index (κ3) is 3.31. The Labute approximate surface area is 200 Å². The van der Waals surface area contributed by atoms with E-state index in [0.29, 0.717) is 6.42 Å². The van der Waals surface area contributed by atoms with E-state index in [4.69, 9.17) is 0 Å². The molecule has 2 N–H and O–H groups in total. The van der Waals surface area contributed by atoms with E-state index in [-0.39, 0.29) is 41.6 Å². The first-order valence-corrected chi connectivity index (χ1v) is 12.4. The molecule has 0 aromatic heterocycles. The molecule has 172 valence electrons. The number of aliphatic carboxylic acids is 1. The molecule has 0 aliphatic carbocycles. The van der Waals surface area contributed by atoms with E-state index < -0.39 is 28.6 Å². The van der Waals surface area contributed by atoms with Crippen molar-refractivity contribution >= 4 is 51.2 Å². The summed E-state index contributed by atoms with van der Waals surface area (Å²) in [5.41, 5.74) is 2.66. The van der Waals surface area contributed by atoms with Crippen LogP contribution in [0.5, 0.6) is 0 Å². The molecule has 32 heavy (non-hydrogen) atoms. The minimum absolute atomic E-state index is 0.00721. The first-order chi connectivity index (χ1) is 15.2. The molecule has 0 radical (unpaired) electrons. The lowest BCUT2D eigenvalue weighted by molar-refractivity contribution is -0.148. The molecule has 7 nitrogen and oxygen atoms in total. The van der Waals surface area contributed by atoms with Crippen molar-refractivity contribution in [3.63, 3.8) is 0 Å². The number of aliphatic hydroxyl groups excluding tert-OH is 1. The largest absolute Gasteiger partial charge is 0.481 e. The fourth-order valence-electron chi connectivity index (χ4n) is 5.63. The van der Waals surface area contributed by atoms with Crippen LogP contribution >= 0.6 is 27.7 Å². The number of aryl methyl sites for hydroxylation is 2. The minimum Gasteiger partial charge on any atom is -0.481 e. The van der Waals surface area contributed by atoms with Crippen molar-refractivity contribution in [2.24, 2.45) is 11.8 Å². The number of anilines is 1. The highest BCUT2D eigenvalue weighted by molar-refractivity contribution is 9.09. The summed E-state index contributed by atoms with van der Waals surface area (Å²) in [6.07, 6.45) is 2.17. The SMILES string of the molecule is C=CCN(C(=O)C1N(CCO)C(=O)[C@@H]2[C@@H](C(=O)O)[C@@H]3SC12CC3Br)c1cc(C)ccc1C. The van der Waals surface area contributed by atoms with Crippen LogP contribution in [0, 0.1) is 25.7 Å². The van der Waals surface area contributed by atoms with Crippen LogP contribution in [0.2, 0.25) is 0 Å². The molecular formula is C23H27BrN2O5S. The van der Waals surface area contributed by atoms with E-state index in [9.17, 15) is 24.6 Å². The van der Waals surface area contributed by atoms with Crippen LogP contribution in [-0.4, -0.2) is 73.5 Å². The molecule has 0 saturated carbocycles. The van der Waals surface area contributed by atoms with Crippen molar-refractivity contribution in [2.75, 3.05) is 24.6 Å². The van der Waals surface area contributed by atoms with Crippen LogP contribution in [0.3, 0.4) is 0 Å². The molecule has 3 fully saturated rings. The standard InChI is InChI=1S/C23H27BrN2O5S/c1-4-7-25(15-10-12(2)5-6-13(15)3)21(29)19-23-11-14(24)18(32-23)16(22(30)31)17(23)20(28)26(19)8-9-27/h4-6,10,14,16-19,27H,1,7-9,11H2,2-3H3,(H,30,31)/t14?,16-,17+,18-,19?,23?/m1/s1. The molecule has 9 heteroatoms. The number of rotatable bonds is 7. The fourth-order valence-corrected chi connectivity index (χ4v) is 9.23. The number of carbonyl (C=O) groups is 3. The van der Waals surface area contributed by atoms with Crippen LogP contribution in [0.4, 0.5) is 5.69 Å². The number of thioether (sulfide) groups is 1. The van der Waals surface area contributed by atoms with Gasteiger partial charge in [0.05, 0.1) is 23.2 Å². The Balaban J connectivity index is 1.83. The minimum atomic E-state index is -1.01. The van der Waals surface area contributed by atoms with Gasteiger partial charge >= 0.3 is 5.97 Å². The van der Waals surface area contributed by atoms with E-state index in [2.05, 4.69) is 22.5 Å². The number of carboxylic acid groups (broad SMARTS) is 1. The number of fused-ring (bicyclic) bond motifs is 1. The first kappa shape index (κ1) is 23.3. The third-order valence-corrected chi connectivity index (χ3v) is 10.1. The van der Waals surface area contributed by atoms with Gasteiger partial charge in [0, 0.05) is 28.9 Å². The number of carbonyl (C=O) groups excluding carboxylic acids is 2. The Kier molecular flexibility index (Phi) is 6.19. The summed E-state index contributed by atoms with van der Waals surface area (Å²) >= 11 is 5.08. The Morgan fingerprint density at radius 1 is 1.41 bits per heavy atom. The molecule has 3 aliphatic rings. The molecule has 1 aromatic rings. The van der Waals surface area contributed by atoms with Gasteiger partial charge in [0.1, 0.15) is 6.04 Å². The number of hydrogen-bond donors (Lipinski definition) is 2. The monoisotopic (exact) mass is 522 g/mol. The number of β-amino-alcohol motifs (C(OH)–C–C–N with tert-alkyl or cyclic N) is 1. The lowest BCUT2D eigenvalue weighted by Crippen LogP contribution is -2.56. The predicted molar refractivity (Wildman–Crippen MR) is 127 cm³/mol. The van der Waals surface area contributed by atoms with Gasteiger partial charge in [-0.15, -0.1) is 18.3 Å². The first-order valence-electron chi connectivity index (χ1n) is 10.6. The summed E-state index contributed by atoms with van der Waals surface area (Å²) in [5.74, 6) is -3.27. The molecule has 2 bridgehead atoms. The van der Waals surface area contributed by atoms with E-state index in [0.717, 1.165) is 16.8 Å². The Bertz CT molecular complexity index is 987. The number of nitrogens with zero attached hydrogens (tertiary/aromatic N) is 2. The smallest absolute Gasteiger partial charge is 0.308 e. The maximum Gasteiger partial charge on any atom is 0.308 e. The van der Waals surface area contributed by atoms with Crippen LogP contribution in [0.1, 0.15) is 17.5 Å². The molecule has 3 unspecified atom stereocenters. The molecule has 3 saturated heterocycles. The van der Waals surface area contributed by atoms with Crippen molar-refractivity contribution < 1.29 is 24.6 Å². The summed E-state index contributed by atoms with van der Waals surface area (Å²) in [4.78, 5) is 42.7. The van der Waals surface area contributed by atoms with Crippen molar-refractivity contribution in [1.29, 1.82) is 0 Å². The average molecular weight is 523 g/mol. The average Bonchev–Trinajstić information content (AvgIpc) is 3.32. The number of amides is 2. The maximum absolute atomic E-state index is 14.2. The van der Waals surface area contributed by atoms with Crippen LogP contribution in [0.25, 0.3) is 0 Å². The molecule has 3 heterocycles. The highest BCUT2D eigenvalue weighted by Crippen LogP contribution is 2.67. The zero-order valence-electron chi connectivity index (χ0n) is 18.0. The molecule has 1 aromatic carbocycles. The van der Waals surface area contributed by atoms with Gasteiger partial charge in [0.15, 0.2) is 0 Å². The summed E-state index contributed by atoms with van der Waals surface area (Å²) in [6.45, 7) is 7.64. The van der Waals surface area contributed by atoms with Gasteiger partial charge in [-0.1, -0.05) is 34.1 Å². The normalized spacial score (nSPS) is 32.8. The van der Waals surface area contributed by atoms with Crippen molar-refractivity contribution in [3.8, 4) is 0 Å². The maximum atomic E-state index is 14.2. The van der Waals surface area contributed by atoms with Gasteiger partial charge in [0.2, 0.25) is 5.91 Å². The summed E-state index contributed by atoms with van der Waals surface area (Å²) < 4.78 is -0.845. The van der Waals surface area contributed by atoms with Crippen molar-refractivity contribution in [1.82, 2.24) is 4.90 Å². The van der Waals surface area contributed by atoms with Crippen molar-refractivity contribution in [3.05, 3.63) is 42.0 Å². The third-order valence-electron chi connectivity index (χ3n) is 6.88. The second-order valence-electron chi connectivity index (χ2n) is 8.78. The van der Waals surface area contributed by atoms with Gasteiger partial charge in [0.25, 0.3) is 5.91 Å². The fraction of sp³-hybridized carbons (Fsp3) is 0.522. The van der Waals surface area contributed by atoms with Crippen molar-refractivity contribution in [2.45, 2.75) is 41.1 Å². The van der Waals surface area contributed by atoms with E-state index in [1.807, 2.05) is 32.0 Å². The summed E-state index contributed by atoms with van der Waals surface area (Å²) in [5, 5.41) is 19.3. The van der Waals surface area contributed by atoms with Gasteiger partial charge in [-0.3, -0.25) is 14.4 Å². The van der Waals surface area contributed by atoms with Crippen LogP contribution in [-0.2, 0) is 14.4 Å². The van der Waals surface area contributed by atoms with Gasteiger partial charge in [-0.2, -0.15) is 0 Å². The number of likely N-dealkylation sites (tertiary alicyclic amines) is 1. The van der Waals surface area contributed by atoms with Gasteiger partial charge < -0.3 is 20.0 Å². The number of benzene rings is 1. The van der Waals surface area contributed by atoms with Crippen LogP contribution in [0.15, 0.2) is 30.9 Å². The Morgan fingerprint density at radius 2 is 2.12 bits per heavy atom. The molecule has 1 spiro atoms. The zero-order valence-corrected chi connectivity index (χ0v) is 20.4. The number of halogens is 1. The lowest BCUT2D eigenvalue weighted by Gasteiger charge is -2.38. The van der Waals surface area contributed by atoms with E-state index in [1.165, 1.54) is 16.7 Å². The molecule has 4 rings (SSSR count). The highest BCUT2D eigenvalue weighted by Gasteiger charge is 2.76. The Morgan fingerprint density at radius 3 is 2.75 bits per heavy atom.